The average Bonchev–Trinajstić information content (AvgIpc) is 2.23. The van der Waals surface area contributed by atoms with E-state index in [0.29, 0.717) is 12.6 Å². The summed E-state index contributed by atoms with van der Waals surface area (Å²) in [5.41, 5.74) is 0. The third-order valence-corrected chi connectivity index (χ3v) is 7.53. The van der Waals surface area contributed by atoms with Crippen molar-refractivity contribution in [3.63, 3.8) is 0 Å². The molecule has 0 aromatic rings. The fraction of sp³-hybridized carbons (Fsp3) is 0.933. The number of rotatable bonds is 8. The van der Waals surface area contributed by atoms with Gasteiger partial charge in [0.1, 0.15) is 6.16 Å². The first kappa shape index (κ1) is 19.8. The van der Waals surface area contributed by atoms with Crippen LogP contribution in [0.25, 0.3) is 0 Å². The zero-order valence-electron chi connectivity index (χ0n) is 14.5. The fourth-order valence-electron chi connectivity index (χ4n) is 3.22. The second kappa shape index (κ2) is 8.29. The first-order chi connectivity index (χ1) is 9.09. The van der Waals surface area contributed by atoms with Gasteiger partial charge in [-0.1, -0.05) is 0 Å². The van der Waals surface area contributed by atoms with Crippen molar-refractivity contribution in [1.29, 1.82) is 5.26 Å². The molecule has 0 saturated carbocycles. The van der Waals surface area contributed by atoms with Gasteiger partial charge in [-0.2, -0.15) is 5.26 Å². The van der Waals surface area contributed by atoms with Crippen molar-refractivity contribution in [3.8, 4) is 6.07 Å². The Morgan fingerprint density at radius 3 is 1.35 bits per heavy atom. The molecule has 0 aromatic heterocycles. The van der Waals surface area contributed by atoms with Gasteiger partial charge in [-0.3, -0.25) is 0 Å². The molecule has 0 rings (SSSR count). The first-order valence-electron chi connectivity index (χ1n) is 7.64. The highest BCUT2D eigenvalue weighted by atomic mass is 31.2. The van der Waals surface area contributed by atoms with Crippen LogP contribution in [-0.4, -0.2) is 44.6 Å². The Morgan fingerprint density at radius 2 is 1.15 bits per heavy atom. The van der Waals surface area contributed by atoms with Gasteiger partial charge in [0.2, 0.25) is 0 Å². The SMILES string of the molecule is CC(C)N(C(C)C)[P+](O)(CCC#N)N(C(C)C)C(C)C. The van der Waals surface area contributed by atoms with E-state index in [1.54, 1.807) is 0 Å². The van der Waals surface area contributed by atoms with E-state index in [-0.39, 0.29) is 24.2 Å². The lowest BCUT2D eigenvalue weighted by Crippen LogP contribution is -2.48. The van der Waals surface area contributed by atoms with Crippen molar-refractivity contribution in [2.75, 3.05) is 6.16 Å². The highest BCUT2D eigenvalue weighted by molar-refractivity contribution is 7.65. The van der Waals surface area contributed by atoms with Gasteiger partial charge in [0.05, 0.1) is 12.5 Å². The summed E-state index contributed by atoms with van der Waals surface area (Å²) in [7, 11) is -2.49. The van der Waals surface area contributed by atoms with Crippen LogP contribution in [0, 0.1) is 11.3 Å². The van der Waals surface area contributed by atoms with Crippen LogP contribution in [0.15, 0.2) is 0 Å². The Bertz CT molecular complexity index is 288. The van der Waals surface area contributed by atoms with E-state index in [4.69, 9.17) is 5.26 Å². The molecule has 1 N–H and O–H groups in total. The lowest BCUT2D eigenvalue weighted by Gasteiger charge is -2.44. The molecule has 4 nitrogen and oxygen atoms in total. The lowest BCUT2D eigenvalue weighted by atomic mass is 10.3. The van der Waals surface area contributed by atoms with Gasteiger partial charge in [-0.15, -0.1) is 9.34 Å². The Morgan fingerprint density at radius 1 is 0.850 bits per heavy atom. The van der Waals surface area contributed by atoms with E-state index in [9.17, 15) is 4.89 Å². The molecule has 0 bridgehead atoms. The molecule has 0 spiro atoms. The Kier molecular flexibility index (Phi) is 8.21. The van der Waals surface area contributed by atoms with Gasteiger partial charge in [0.15, 0.2) is 0 Å². The molecular weight excluding hydrogens is 269 g/mol. The van der Waals surface area contributed by atoms with Crippen molar-refractivity contribution in [2.45, 2.75) is 86.0 Å². The van der Waals surface area contributed by atoms with Gasteiger partial charge < -0.3 is 0 Å². The minimum atomic E-state index is -2.49. The Balaban J connectivity index is 5.73. The molecule has 118 valence electrons. The highest BCUT2D eigenvalue weighted by Gasteiger charge is 2.53. The Hall–Kier alpha value is -0.200. The summed E-state index contributed by atoms with van der Waals surface area (Å²) in [6, 6.07) is 3.23. The maximum atomic E-state index is 11.6. The average molecular weight is 302 g/mol. The normalized spacial score (nSPS) is 13.3. The van der Waals surface area contributed by atoms with Crippen LogP contribution in [-0.2, 0) is 0 Å². The number of nitriles is 1. The summed E-state index contributed by atoms with van der Waals surface area (Å²) in [5, 5.41) is 8.97. The molecule has 0 atom stereocenters. The maximum absolute atomic E-state index is 11.6. The quantitative estimate of drug-likeness (QED) is 0.691. The largest absolute Gasteiger partial charge is 0.288 e. The zero-order chi connectivity index (χ0) is 16.1. The van der Waals surface area contributed by atoms with Crippen LogP contribution in [0.2, 0.25) is 0 Å². The molecule has 0 heterocycles. The van der Waals surface area contributed by atoms with E-state index in [0.717, 1.165) is 0 Å². The third-order valence-electron chi connectivity index (χ3n) is 3.38. The van der Waals surface area contributed by atoms with E-state index in [2.05, 4.69) is 70.8 Å². The van der Waals surface area contributed by atoms with E-state index >= 15 is 0 Å². The molecule has 0 fully saturated rings. The van der Waals surface area contributed by atoms with Crippen molar-refractivity contribution < 1.29 is 4.89 Å². The maximum Gasteiger partial charge on any atom is 0.288 e. The van der Waals surface area contributed by atoms with Crippen LogP contribution < -0.4 is 0 Å². The van der Waals surface area contributed by atoms with E-state index < -0.39 is 7.79 Å². The molecule has 20 heavy (non-hydrogen) atoms. The molecule has 0 radical (unpaired) electrons. The smallest absolute Gasteiger partial charge is 0.213 e. The predicted octanol–water partition coefficient (Wildman–Crippen LogP) is 3.89. The van der Waals surface area contributed by atoms with Crippen molar-refractivity contribution in [1.82, 2.24) is 9.34 Å². The van der Waals surface area contributed by atoms with Crippen molar-refractivity contribution in [3.05, 3.63) is 0 Å². The molecule has 0 saturated heterocycles. The highest BCUT2D eigenvalue weighted by Crippen LogP contribution is 2.65. The second-order valence-corrected chi connectivity index (χ2v) is 9.22. The van der Waals surface area contributed by atoms with E-state index in [1.807, 2.05) is 0 Å². The summed E-state index contributed by atoms with van der Waals surface area (Å²) < 4.78 is 4.45. The van der Waals surface area contributed by atoms with Crippen LogP contribution in [0.5, 0.6) is 0 Å². The van der Waals surface area contributed by atoms with Crippen LogP contribution >= 0.6 is 7.79 Å². The summed E-state index contributed by atoms with van der Waals surface area (Å²) in [6.45, 7) is 17.0. The van der Waals surface area contributed by atoms with E-state index in [1.165, 1.54) is 0 Å². The van der Waals surface area contributed by atoms with Crippen molar-refractivity contribution >= 4 is 7.79 Å². The zero-order valence-corrected chi connectivity index (χ0v) is 15.4. The van der Waals surface area contributed by atoms with Gasteiger partial charge in [0, 0.05) is 24.2 Å². The van der Waals surface area contributed by atoms with Crippen LogP contribution in [0.4, 0.5) is 0 Å². The Labute approximate surface area is 126 Å². The van der Waals surface area contributed by atoms with Gasteiger partial charge in [-0.05, 0) is 55.4 Å². The third kappa shape index (κ3) is 4.67. The van der Waals surface area contributed by atoms with Gasteiger partial charge in [-0.25, -0.2) is 4.89 Å². The minimum Gasteiger partial charge on any atom is -0.213 e. The molecule has 0 aliphatic heterocycles. The summed E-state index contributed by atoms with van der Waals surface area (Å²) in [5.74, 6) is 0. The number of hydrogen-bond donors (Lipinski definition) is 1. The predicted molar refractivity (Wildman–Crippen MR) is 88.5 cm³/mol. The van der Waals surface area contributed by atoms with Crippen LogP contribution in [0.1, 0.15) is 61.8 Å². The topological polar surface area (TPSA) is 50.5 Å². The molecule has 0 aliphatic rings. The first-order valence-corrected chi connectivity index (χ1v) is 9.48. The summed E-state index contributed by atoms with van der Waals surface area (Å²) in [4.78, 5) is 11.6. The second-order valence-electron chi connectivity index (χ2n) is 6.46. The number of nitrogens with zero attached hydrogens (tertiary/aromatic N) is 3. The number of hydrogen-bond acceptors (Lipinski definition) is 4. The molecule has 0 unspecified atom stereocenters. The molecule has 0 aromatic carbocycles. The van der Waals surface area contributed by atoms with Crippen LogP contribution in [0.3, 0.4) is 0 Å². The molecular formula is C15H33N3OP+. The lowest BCUT2D eigenvalue weighted by molar-refractivity contribution is 0.204. The minimum absolute atomic E-state index is 0.257. The fourth-order valence-corrected chi connectivity index (χ4v) is 7.28. The summed E-state index contributed by atoms with van der Waals surface area (Å²) in [6.07, 6.45) is 0.951. The van der Waals surface area contributed by atoms with Gasteiger partial charge >= 0.3 is 0 Å². The molecule has 0 aliphatic carbocycles. The monoisotopic (exact) mass is 302 g/mol. The molecule has 5 heteroatoms. The van der Waals surface area contributed by atoms with Crippen molar-refractivity contribution in [2.24, 2.45) is 0 Å². The summed E-state index contributed by atoms with van der Waals surface area (Å²) >= 11 is 0. The molecule has 0 amide bonds. The standard InChI is InChI=1S/C15H33N3OP/c1-12(2)17(13(3)4)20(19,11-9-10-16)18(14(5)6)15(7)8/h12-15,19H,9,11H2,1-8H3/q+1. The van der Waals surface area contributed by atoms with Gasteiger partial charge in [0.25, 0.3) is 7.79 Å².